The second kappa shape index (κ2) is 7.09. The normalized spacial score (nSPS) is 18.9. The number of hydrogen-bond donors (Lipinski definition) is 0. The van der Waals surface area contributed by atoms with Crippen LogP contribution in [0.2, 0.25) is 0 Å². The molecular formula is C24H22B2. The zero-order valence-corrected chi connectivity index (χ0v) is 15.3. The van der Waals surface area contributed by atoms with E-state index in [4.69, 9.17) is 0 Å². The van der Waals surface area contributed by atoms with Gasteiger partial charge in [0.25, 0.3) is 0 Å². The smallest absolute Gasteiger partial charge is 0.104 e. The van der Waals surface area contributed by atoms with Crippen molar-refractivity contribution in [2.45, 2.75) is 0 Å². The molecule has 2 heterocycles. The first-order valence-corrected chi connectivity index (χ1v) is 8.71. The Morgan fingerprint density at radius 2 is 1.38 bits per heavy atom. The predicted octanol–water partition coefficient (Wildman–Crippen LogP) is 3.67. The lowest BCUT2D eigenvalue weighted by Crippen LogP contribution is -2.34. The van der Waals surface area contributed by atoms with Crippen LogP contribution in [0.1, 0.15) is 11.1 Å². The van der Waals surface area contributed by atoms with E-state index >= 15 is 0 Å². The molecule has 124 valence electrons. The zero-order chi connectivity index (χ0) is 18.8. The van der Waals surface area contributed by atoms with Crippen LogP contribution in [0.4, 0.5) is 0 Å². The van der Waals surface area contributed by atoms with Crippen LogP contribution < -0.4 is 10.9 Å². The molecule has 0 saturated carbocycles. The van der Waals surface area contributed by atoms with E-state index in [1.54, 1.807) is 12.2 Å². The van der Waals surface area contributed by atoms with E-state index in [1.165, 1.54) is 38.7 Å². The average molecular weight is 332 g/mol. The molecule has 2 heteroatoms. The van der Waals surface area contributed by atoms with Crippen LogP contribution in [-0.2, 0) is 0 Å². The van der Waals surface area contributed by atoms with Crippen molar-refractivity contribution >= 4 is 36.6 Å². The van der Waals surface area contributed by atoms with Gasteiger partial charge in [-0.3, -0.25) is 0 Å². The molecule has 1 aromatic rings. The molecule has 3 rings (SSSR count). The van der Waals surface area contributed by atoms with Crippen molar-refractivity contribution in [2.24, 2.45) is 0 Å². The van der Waals surface area contributed by atoms with Crippen molar-refractivity contribution in [1.29, 1.82) is 0 Å². The second-order valence-electron chi connectivity index (χ2n) is 6.68. The molecule has 2 aliphatic heterocycles. The average Bonchev–Trinajstić information content (AvgIpc) is 3.13. The highest BCUT2D eigenvalue weighted by atomic mass is 14.2. The fourth-order valence-electron chi connectivity index (χ4n) is 3.71. The quantitative estimate of drug-likeness (QED) is 0.570. The summed E-state index contributed by atoms with van der Waals surface area (Å²) in [5.41, 5.74) is 11.9. The Kier molecular flexibility index (Phi) is 4.86. The third kappa shape index (κ3) is 2.99. The topological polar surface area (TPSA) is 0 Å². The van der Waals surface area contributed by atoms with Crippen molar-refractivity contribution in [3.05, 3.63) is 121 Å². The van der Waals surface area contributed by atoms with Crippen molar-refractivity contribution in [3.8, 4) is 0 Å². The Morgan fingerprint density at radius 3 is 2.00 bits per heavy atom. The maximum atomic E-state index is 4.26. The van der Waals surface area contributed by atoms with Gasteiger partial charge in [-0.15, -0.1) is 6.58 Å². The van der Waals surface area contributed by atoms with Crippen LogP contribution in [0, 0.1) is 0 Å². The molecule has 0 nitrogen and oxygen atoms in total. The number of hydrogen-bond acceptors (Lipinski definition) is 0. The number of benzene rings is 1. The molecule has 0 spiro atoms. The Labute approximate surface area is 158 Å². The van der Waals surface area contributed by atoms with Gasteiger partial charge in [-0.25, -0.2) is 0 Å². The fraction of sp³-hybridized carbons (Fsp3) is 0. The molecule has 0 amide bonds. The lowest BCUT2D eigenvalue weighted by molar-refractivity contribution is 1.64. The minimum atomic E-state index is 0.885. The Bertz CT molecular complexity index is 978. The molecule has 1 aromatic carbocycles. The third-order valence-electron chi connectivity index (χ3n) is 4.99. The summed E-state index contributed by atoms with van der Waals surface area (Å²) in [4.78, 5) is 0. The molecule has 26 heavy (non-hydrogen) atoms. The second-order valence-corrected chi connectivity index (χ2v) is 6.68. The fourth-order valence-corrected chi connectivity index (χ4v) is 3.71. The van der Waals surface area contributed by atoms with Crippen molar-refractivity contribution in [3.63, 3.8) is 0 Å². The van der Waals surface area contributed by atoms with Gasteiger partial charge in [0.2, 0.25) is 0 Å². The largest absolute Gasteiger partial charge is 0.193 e. The first kappa shape index (κ1) is 17.8. The van der Waals surface area contributed by atoms with Crippen molar-refractivity contribution in [2.75, 3.05) is 0 Å². The maximum absolute atomic E-state index is 4.26. The summed E-state index contributed by atoms with van der Waals surface area (Å²) in [6, 6.07) is 4.42. The Balaban J connectivity index is 2.21. The summed E-state index contributed by atoms with van der Waals surface area (Å²) in [6.45, 7) is 23.9. The van der Waals surface area contributed by atoms with Crippen molar-refractivity contribution < 1.29 is 0 Å². The first-order chi connectivity index (χ1) is 12.5. The molecule has 0 atom stereocenters. The molecule has 0 fully saturated rings. The molecule has 0 radical (unpaired) electrons. The SMILES string of the molecule is C=C/C=C1\C(=C)Bc2c1ccc1c2BC(=C/C(=C)C=C)/C1=C\C(=C)C=C. The third-order valence-corrected chi connectivity index (χ3v) is 4.99. The lowest BCUT2D eigenvalue weighted by atomic mass is 9.57. The van der Waals surface area contributed by atoms with Crippen LogP contribution in [0.3, 0.4) is 0 Å². The summed E-state index contributed by atoms with van der Waals surface area (Å²) < 4.78 is 0. The molecule has 2 aliphatic rings. The molecule has 0 saturated heterocycles. The molecule has 0 aliphatic carbocycles. The molecule has 0 bridgehead atoms. The van der Waals surface area contributed by atoms with E-state index < -0.39 is 0 Å². The van der Waals surface area contributed by atoms with E-state index in [2.05, 4.69) is 69.8 Å². The lowest BCUT2D eigenvalue weighted by Gasteiger charge is -2.09. The Hall–Kier alpha value is -2.99. The van der Waals surface area contributed by atoms with Gasteiger partial charge in [0.1, 0.15) is 0 Å². The standard InChI is InChI=1S/C24H22B2/c1-7-10-18-17(6)25-23-19(18)11-12-20-21(13-15(4)8-2)22(26-24(20)23)14-16(5)9-3/h7-14,25-26H,1-6H2/b18-10+,21-13-,22-14+. The van der Waals surface area contributed by atoms with E-state index in [0.29, 0.717) is 0 Å². The summed E-state index contributed by atoms with van der Waals surface area (Å²) in [5, 5.41) is 0. The van der Waals surface area contributed by atoms with Crippen molar-refractivity contribution in [1.82, 2.24) is 0 Å². The first-order valence-electron chi connectivity index (χ1n) is 8.71. The maximum Gasteiger partial charge on any atom is 0.193 e. The van der Waals surface area contributed by atoms with E-state index in [9.17, 15) is 0 Å². The Morgan fingerprint density at radius 1 is 0.808 bits per heavy atom. The zero-order valence-electron chi connectivity index (χ0n) is 15.3. The highest BCUT2D eigenvalue weighted by Crippen LogP contribution is 2.33. The van der Waals surface area contributed by atoms with Gasteiger partial charge in [0.15, 0.2) is 14.6 Å². The molecule has 0 aromatic heterocycles. The van der Waals surface area contributed by atoms with Crippen LogP contribution in [-0.4, -0.2) is 14.6 Å². The number of allylic oxidation sites excluding steroid dienone is 12. The van der Waals surface area contributed by atoms with E-state index in [1.807, 2.05) is 6.08 Å². The summed E-state index contributed by atoms with van der Waals surface area (Å²) in [6.07, 6.45) is 11.7. The molecular weight excluding hydrogens is 310 g/mol. The minimum Gasteiger partial charge on any atom is -0.104 e. The molecule has 0 N–H and O–H groups in total. The molecule has 0 unspecified atom stereocenters. The van der Waals surface area contributed by atoms with Crippen LogP contribution >= 0.6 is 0 Å². The van der Waals surface area contributed by atoms with Gasteiger partial charge in [-0.2, -0.15) is 0 Å². The summed E-state index contributed by atoms with van der Waals surface area (Å²) >= 11 is 0. The van der Waals surface area contributed by atoms with Gasteiger partial charge < -0.3 is 0 Å². The van der Waals surface area contributed by atoms with E-state index in [-0.39, 0.29) is 0 Å². The van der Waals surface area contributed by atoms with Gasteiger partial charge >= 0.3 is 0 Å². The predicted molar refractivity (Wildman–Crippen MR) is 122 cm³/mol. The monoisotopic (exact) mass is 332 g/mol. The minimum absolute atomic E-state index is 0.885. The summed E-state index contributed by atoms with van der Waals surface area (Å²) in [5.74, 6) is 0. The van der Waals surface area contributed by atoms with Gasteiger partial charge in [-0.1, -0.05) is 97.3 Å². The number of fused-ring (bicyclic) bond motifs is 3. The van der Waals surface area contributed by atoms with Gasteiger partial charge in [0, 0.05) is 0 Å². The van der Waals surface area contributed by atoms with E-state index in [0.717, 1.165) is 31.2 Å². The van der Waals surface area contributed by atoms with Crippen LogP contribution in [0.5, 0.6) is 0 Å². The van der Waals surface area contributed by atoms with Crippen LogP contribution in [0.15, 0.2) is 110 Å². The van der Waals surface area contributed by atoms with Crippen LogP contribution in [0.25, 0.3) is 11.1 Å². The highest BCUT2D eigenvalue weighted by Gasteiger charge is 2.31. The summed E-state index contributed by atoms with van der Waals surface area (Å²) in [7, 11) is 1.78. The number of rotatable bonds is 5. The van der Waals surface area contributed by atoms with Gasteiger partial charge in [0.05, 0.1) is 0 Å². The highest BCUT2D eigenvalue weighted by molar-refractivity contribution is 6.80. The van der Waals surface area contributed by atoms with Gasteiger partial charge in [-0.05, 0) is 39.5 Å².